The third kappa shape index (κ3) is 4.70. The van der Waals surface area contributed by atoms with Crippen LogP contribution in [0, 0.1) is 5.82 Å². The monoisotopic (exact) mass is 366 g/mol. The van der Waals surface area contributed by atoms with Gasteiger partial charge in [-0.2, -0.15) is 5.10 Å². The lowest BCUT2D eigenvalue weighted by atomic mass is 10.1. The molecule has 0 fully saturated rings. The molecule has 1 amide bonds. The van der Waals surface area contributed by atoms with Gasteiger partial charge in [-0.05, 0) is 31.2 Å². The van der Waals surface area contributed by atoms with Gasteiger partial charge in [0.2, 0.25) is 0 Å². The number of amides is 1. The van der Waals surface area contributed by atoms with E-state index in [9.17, 15) is 24.5 Å². The second-order valence-corrected chi connectivity index (χ2v) is 5.50. The normalized spacial score (nSPS) is 15.4. The molecule has 0 aliphatic heterocycles. The number of carbonyl (C=O) groups is 1. The van der Waals surface area contributed by atoms with E-state index in [1.165, 1.54) is 18.3 Å². The fraction of sp³-hybridized carbons (Fsp3) is 0.312. The predicted molar refractivity (Wildman–Crippen MR) is 88.7 cm³/mol. The number of hydrogen-bond donors (Lipinski definition) is 6. The lowest BCUT2D eigenvalue weighted by Crippen LogP contribution is -2.34. The van der Waals surface area contributed by atoms with Gasteiger partial charge in [-0.25, -0.2) is 14.8 Å². The maximum absolute atomic E-state index is 12.8. The van der Waals surface area contributed by atoms with Crippen molar-refractivity contribution in [1.29, 1.82) is 0 Å². The highest BCUT2D eigenvalue weighted by atomic mass is 19.1. The standard InChI is InChI=1S/C16H19FN4O5/c1-8(20-21-16(26)9-2-4-10(17)5-3-9)15-18-6-11(19-15)13(24)14(25)12(23)7-22/h2-6,12-14,22-25H,7H2,1H3,(H,18,19)(H,21,26)/b20-8-/t12-,13-,14-/m1/s1. The van der Waals surface area contributed by atoms with Crippen LogP contribution >= 0.6 is 0 Å². The number of aromatic amines is 1. The maximum atomic E-state index is 12.8. The van der Waals surface area contributed by atoms with Gasteiger partial charge >= 0.3 is 0 Å². The largest absolute Gasteiger partial charge is 0.394 e. The number of hydrogen-bond acceptors (Lipinski definition) is 7. The van der Waals surface area contributed by atoms with Crippen LogP contribution in [-0.4, -0.2) is 60.8 Å². The van der Waals surface area contributed by atoms with Gasteiger partial charge in [-0.1, -0.05) is 0 Å². The summed E-state index contributed by atoms with van der Waals surface area (Å²) in [4.78, 5) is 18.6. The SMILES string of the molecule is C/C(=N/NC(=O)c1ccc(F)cc1)c1nc([C@@H](O)[C@H](O)[C@H](O)CO)c[nH]1. The summed E-state index contributed by atoms with van der Waals surface area (Å²) in [5.41, 5.74) is 2.81. The Hall–Kier alpha value is -2.66. The smallest absolute Gasteiger partial charge is 0.271 e. The van der Waals surface area contributed by atoms with E-state index in [0.29, 0.717) is 0 Å². The number of H-pyrrole nitrogens is 1. The van der Waals surface area contributed by atoms with E-state index in [1.807, 2.05) is 0 Å². The molecule has 0 saturated carbocycles. The molecular formula is C16H19FN4O5. The van der Waals surface area contributed by atoms with Crippen LogP contribution in [0.5, 0.6) is 0 Å². The van der Waals surface area contributed by atoms with Crippen LogP contribution in [0.4, 0.5) is 4.39 Å². The second-order valence-electron chi connectivity index (χ2n) is 5.50. The molecule has 1 aromatic carbocycles. The molecule has 26 heavy (non-hydrogen) atoms. The van der Waals surface area contributed by atoms with Crippen molar-refractivity contribution in [2.45, 2.75) is 25.2 Å². The first-order valence-electron chi connectivity index (χ1n) is 7.64. The number of nitrogens with one attached hydrogen (secondary N) is 2. The van der Waals surface area contributed by atoms with Crippen molar-refractivity contribution in [3.8, 4) is 0 Å². The van der Waals surface area contributed by atoms with Crippen LogP contribution in [0.2, 0.25) is 0 Å². The van der Waals surface area contributed by atoms with E-state index >= 15 is 0 Å². The first kappa shape index (κ1) is 19.7. The van der Waals surface area contributed by atoms with Crippen LogP contribution in [0.1, 0.15) is 34.9 Å². The summed E-state index contributed by atoms with van der Waals surface area (Å²) in [5.74, 6) is -0.793. The summed E-state index contributed by atoms with van der Waals surface area (Å²) in [5, 5.41) is 41.6. The van der Waals surface area contributed by atoms with Crippen molar-refractivity contribution in [3.05, 3.63) is 53.4 Å². The summed E-state index contributed by atoms with van der Waals surface area (Å²) in [6.07, 6.45) is -3.36. The highest BCUT2D eigenvalue weighted by Gasteiger charge is 2.27. The zero-order chi connectivity index (χ0) is 19.3. The average Bonchev–Trinajstić information content (AvgIpc) is 3.14. The van der Waals surface area contributed by atoms with Crippen LogP contribution in [0.15, 0.2) is 35.6 Å². The molecular weight excluding hydrogens is 347 g/mol. The third-order valence-corrected chi connectivity index (χ3v) is 3.58. The number of aromatic nitrogens is 2. The molecule has 0 spiro atoms. The number of halogens is 1. The molecule has 0 unspecified atom stereocenters. The molecule has 0 aliphatic carbocycles. The predicted octanol–water partition coefficient (Wildman–Crippen LogP) is -0.550. The average molecular weight is 366 g/mol. The Kier molecular flexibility index (Phi) is 6.52. The van der Waals surface area contributed by atoms with Gasteiger partial charge in [-0.15, -0.1) is 0 Å². The van der Waals surface area contributed by atoms with Gasteiger partial charge in [0.1, 0.15) is 29.8 Å². The summed E-state index contributed by atoms with van der Waals surface area (Å²) in [6.45, 7) is 0.824. The number of imidazole rings is 1. The Morgan fingerprint density at radius 3 is 2.58 bits per heavy atom. The van der Waals surface area contributed by atoms with Gasteiger partial charge in [0.15, 0.2) is 5.82 Å². The molecule has 6 N–H and O–H groups in total. The minimum absolute atomic E-state index is 0.0272. The van der Waals surface area contributed by atoms with E-state index in [0.717, 1.165) is 12.1 Å². The van der Waals surface area contributed by atoms with Gasteiger partial charge < -0.3 is 25.4 Å². The number of nitrogens with zero attached hydrogens (tertiary/aromatic N) is 2. The number of aliphatic hydroxyl groups is 4. The topological polar surface area (TPSA) is 151 Å². The second kappa shape index (κ2) is 8.63. The van der Waals surface area contributed by atoms with E-state index < -0.39 is 36.6 Å². The number of carbonyl (C=O) groups excluding carboxylic acids is 1. The number of benzene rings is 1. The number of aliphatic hydroxyl groups excluding tert-OH is 4. The molecule has 140 valence electrons. The minimum Gasteiger partial charge on any atom is -0.394 e. The molecule has 9 nitrogen and oxygen atoms in total. The number of rotatable bonds is 7. The van der Waals surface area contributed by atoms with Crippen molar-refractivity contribution in [1.82, 2.24) is 15.4 Å². The van der Waals surface area contributed by atoms with Crippen molar-refractivity contribution < 1.29 is 29.6 Å². The highest BCUT2D eigenvalue weighted by Crippen LogP contribution is 2.17. The van der Waals surface area contributed by atoms with E-state index in [1.54, 1.807) is 6.92 Å². The van der Waals surface area contributed by atoms with Crippen molar-refractivity contribution >= 4 is 11.6 Å². The molecule has 2 aromatic rings. The molecule has 1 heterocycles. The molecule has 2 rings (SSSR count). The Labute approximate surface area is 147 Å². The van der Waals surface area contributed by atoms with Crippen molar-refractivity contribution in [2.24, 2.45) is 5.10 Å². The lowest BCUT2D eigenvalue weighted by molar-refractivity contribution is -0.0788. The van der Waals surface area contributed by atoms with Crippen LogP contribution in [0.3, 0.4) is 0 Å². The zero-order valence-corrected chi connectivity index (χ0v) is 13.8. The summed E-state index contributed by atoms with van der Waals surface area (Å²) < 4.78 is 12.8. The van der Waals surface area contributed by atoms with E-state index in [2.05, 4.69) is 20.5 Å². The Bertz CT molecular complexity index is 777. The zero-order valence-electron chi connectivity index (χ0n) is 13.8. The van der Waals surface area contributed by atoms with Crippen LogP contribution < -0.4 is 5.43 Å². The van der Waals surface area contributed by atoms with E-state index in [-0.39, 0.29) is 22.8 Å². The summed E-state index contributed by atoms with van der Waals surface area (Å²) in [7, 11) is 0. The van der Waals surface area contributed by atoms with Gasteiger partial charge in [0.25, 0.3) is 5.91 Å². The maximum Gasteiger partial charge on any atom is 0.271 e. The van der Waals surface area contributed by atoms with Crippen molar-refractivity contribution in [3.63, 3.8) is 0 Å². The van der Waals surface area contributed by atoms with Gasteiger partial charge in [-0.3, -0.25) is 4.79 Å². The fourth-order valence-electron chi connectivity index (χ4n) is 2.02. The Morgan fingerprint density at radius 1 is 1.31 bits per heavy atom. The first-order valence-corrected chi connectivity index (χ1v) is 7.64. The first-order chi connectivity index (χ1) is 12.3. The van der Waals surface area contributed by atoms with Gasteiger partial charge in [0, 0.05) is 11.8 Å². The molecule has 0 saturated heterocycles. The molecule has 10 heteroatoms. The Morgan fingerprint density at radius 2 is 1.96 bits per heavy atom. The highest BCUT2D eigenvalue weighted by molar-refractivity contribution is 5.98. The molecule has 1 aromatic heterocycles. The third-order valence-electron chi connectivity index (χ3n) is 3.58. The van der Waals surface area contributed by atoms with Crippen LogP contribution in [-0.2, 0) is 0 Å². The summed E-state index contributed by atoms with van der Waals surface area (Å²) in [6, 6.07) is 4.92. The molecule has 0 bridgehead atoms. The summed E-state index contributed by atoms with van der Waals surface area (Å²) >= 11 is 0. The van der Waals surface area contributed by atoms with E-state index in [4.69, 9.17) is 5.11 Å². The fourth-order valence-corrected chi connectivity index (χ4v) is 2.02. The lowest BCUT2D eigenvalue weighted by Gasteiger charge is -2.19. The number of hydrazone groups is 1. The van der Waals surface area contributed by atoms with Crippen LogP contribution in [0.25, 0.3) is 0 Å². The molecule has 0 radical (unpaired) electrons. The molecule has 3 atom stereocenters. The van der Waals surface area contributed by atoms with Crippen molar-refractivity contribution in [2.75, 3.05) is 6.61 Å². The molecule has 0 aliphatic rings. The van der Waals surface area contributed by atoms with Gasteiger partial charge in [0.05, 0.1) is 12.3 Å². The Balaban J connectivity index is 2.04. The minimum atomic E-state index is -1.62. The quantitative estimate of drug-likeness (QED) is 0.286.